The smallest absolute Gasteiger partial charge is 0.0165 e. The number of hydrogen-bond acceptors (Lipinski definition) is 0. The van der Waals surface area contributed by atoms with Crippen LogP contribution >= 0.6 is 0 Å². The molecule has 0 heteroatoms. The van der Waals surface area contributed by atoms with Gasteiger partial charge in [-0.15, -0.1) is 0 Å². The average Bonchev–Trinajstić information content (AvgIpc) is 3.32. The van der Waals surface area contributed by atoms with E-state index in [1.54, 1.807) is 0 Å². The summed E-state index contributed by atoms with van der Waals surface area (Å²) >= 11 is 0. The van der Waals surface area contributed by atoms with Crippen LogP contribution in [0.15, 0.2) is 146 Å². The minimum absolute atomic E-state index is 0.156. The van der Waals surface area contributed by atoms with Crippen LogP contribution in [-0.2, 0) is 5.41 Å². The topological polar surface area (TPSA) is 0 Å². The fourth-order valence-electron chi connectivity index (χ4n) is 8.47. The van der Waals surface area contributed by atoms with Gasteiger partial charge in [0.15, 0.2) is 0 Å². The van der Waals surface area contributed by atoms with Crippen LogP contribution in [-0.4, -0.2) is 0 Å². The van der Waals surface area contributed by atoms with Gasteiger partial charge >= 0.3 is 0 Å². The van der Waals surface area contributed by atoms with E-state index in [1.165, 1.54) is 98.4 Å². The van der Waals surface area contributed by atoms with Crippen LogP contribution in [0.4, 0.5) is 0 Å². The molecule has 0 fully saturated rings. The summed E-state index contributed by atoms with van der Waals surface area (Å²) in [4.78, 5) is 0. The molecule has 0 nitrogen and oxygen atoms in total. The minimum atomic E-state index is -0.156. The molecule has 0 heterocycles. The van der Waals surface area contributed by atoms with Crippen LogP contribution in [0.5, 0.6) is 0 Å². The highest BCUT2D eigenvalue weighted by Crippen LogP contribution is 2.54. The van der Waals surface area contributed by atoms with Gasteiger partial charge in [0, 0.05) is 5.41 Å². The number of hydrogen-bond donors (Lipinski definition) is 0. The summed E-state index contributed by atoms with van der Waals surface area (Å²) in [6, 6.07) is 54.6. The maximum atomic E-state index is 2.47. The normalized spacial score (nSPS) is 13.7. The molecule has 0 saturated carbocycles. The maximum Gasteiger partial charge on any atom is 0.0165 e. The molecule has 0 aromatic heterocycles. The largest absolute Gasteiger partial charge is 0.0616 e. The third-order valence-corrected chi connectivity index (χ3v) is 10.5. The quantitative estimate of drug-likeness (QED) is 0.181. The van der Waals surface area contributed by atoms with Gasteiger partial charge < -0.3 is 0 Å². The molecule has 0 radical (unpaired) electrons. The molecule has 0 bridgehead atoms. The number of fused-ring (bicyclic) bond motifs is 6. The molecule has 1 aliphatic rings. The molecule has 0 saturated heterocycles. The Hall–Kier alpha value is -5.46. The van der Waals surface area contributed by atoms with E-state index >= 15 is 0 Å². The number of rotatable bonds is 2. The summed E-state index contributed by atoms with van der Waals surface area (Å²) in [6.07, 6.45) is 0. The van der Waals surface area contributed by atoms with Crippen molar-refractivity contribution in [2.24, 2.45) is 0 Å². The standard InChI is InChI=1S/C45H30/c1-45(2)40-26-31(34-24-32-18-16-28-10-5-11-29-17-19-33(25-34)42(32)41(28)29)21-22-37(40)39-23-20-30-12-7-15-38(43(30)44(39)45)36-14-6-9-27-8-3-4-13-35(27)36/h3-26H,1-2H3. The van der Waals surface area contributed by atoms with Crippen LogP contribution < -0.4 is 0 Å². The summed E-state index contributed by atoms with van der Waals surface area (Å²) < 4.78 is 0. The predicted octanol–water partition coefficient (Wildman–Crippen LogP) is 12.5. The molecule has 210 valence electrons. The molecule has 1 aliphatic carbocycles. The molecular formula is C45H30. The van der Waals surface area contributed by atoms with Crippen molar-refractivity contribution in [2.75, 3.05) is 0 Å². The van der Waals surface area contributed by atoms with Gasteiger partial charge in [-0.2, -0.15) is 0 Å². The Morgan fingerprint density at radius 1 is 0.356 bits per heavy atom. The Morgan fingerprint density at radius 2 is 0.911 bits per heavy atom. The summed E-state index contributed by atoms with van der Waals surface area (Å²) in [5, 5.41) is 13.2. The van der Waals surface area contributed by atoms with Crippen LogP contribution in [0.1, 0.15) is 25.0 Å². The maximum absolute atomic E-state index is 2.47. The monoisotopic (exact) mass is 570 g/mol. The Morgan fingerprint density at radius 3 is 1.69 bits per heavy atom. The van der Waals surface area contributed by atoms with Crippen LogP contribution in [0.3, 0.4) is 0 Å². The molecule has 0 amide bonds. The van der Waals surface area contributed by atoms with Crippen LogP contribution in [0.2, 0.25) is 0 Å². The predicted molar refractivity (Wildman–Crippen MR) is 194 cm³/mol. The fraction of sp³-hybridized carbons (Fsp3) is 0.0667. The van der Waals surface area contributed by atoms with Crippen molar-refractivity contribution in [1.29, 1.82) is 0 Å². The minimum Gasteiger partial charge on any atom is -0.0616 e. The van der Waals surface area contributed by atoms with Gasteiger partial charge in [0.1, 0.15) is 0 Å². The lowest BCUT2D eigenvalue weighted by Crippen LogP contribution is -2.16. The summed E-state index contributed by atoms with van der Waals surface area (Å²) in [5.74, 6) is 0. The van der Waals surface area contributed by atoms with E-state index in [0.717, 1.165) is 0 Å². The SMILES string of the molecule is CC1(C)c2cc(-c3cc4ccc5cccc6ccc(c3)c4c56)ccc2-c2ccc3cccc(-c4cccc5ccccc45)c3c21. The van der Waals surface area contributed by atoms with Crippen molar-refractivity contribution < 1.29 is 0 Å². The molecule has 0 N–H and O–H groups in total. The van der Waals surface area contributed by atoms with Gasteiger partial charge in [-0.05, 0) is 117 Å². The van der Waals surface area contributed by atoms with E-state index in [4.69, 9.17) is 0 Å². The highest BCUT2D eigenvalue weighted by Gasteiger charge is 2.38. The molecule has 9 aromatic rings. The van der Waals surface area contributed by atoms with Crippen molar-refractivity contribution in [1.82, 2.24) is 0 Å². The number of benzene rings is 9. The molecule has 45 heavy (non-hydrogen) atoms. The van der Waals surface area contributed by atoms with E-state index in [1.807, 2.05) is 0 Å². The molecule has 9 aromatic carbocycles. The molecular weight excluding hydrogens is 540 g/mol. The summed E-state index contributed by atoms with van der Waals surface area (Å²) in [7, 11) is 0. The molecule has 0 aliphatic heterocycles. The Balaban J connectivity index is 1.18. The van der Waals surface area contributed by atoms with Gasteiger partial charge in [-0.3, -0.25) is 0 Å². The van der Waals surface area contributed by atoms with E-state index in [2.05, 4.69) is 159 Å². The zero-order valence-electron chi connectivity index (χ0n) is 25.4. The first-order chi connectivity index (χ1) is 22.1. The van der Waals surface area contributed by atoms with Gasteiger partial charge in [0.25, 0.3) is 0 Å². The fourth-order valence-corrected chi connectivity index (χ4v) is 8.47. The second kappa shape index (κ2) is 8.80. The lowest BCUT2D eigenvalue weighted by Gasteiger charge is -2.25. The van der Waals surface area contributed by atoms with Crippen molar-refractivity contribution in [3.63, 3.8) is 0 Å². The average molecular weight is 571 g/mol. The van der Waals surface area contributed by atoms with Crippen molar-refractivity contribution in [3.8, 4) is 33.4 Å². The van der Waals surface area contributed by atoms with Gasteiger partial charge in [0.2, 0.25) is 0 Å². The van der Waals surface area contributed by atoms with E-state index in [0.29, 0.717) is 0 Å². The van der Waals surface area contributed by atoms with Crippen LogP contribution in [0.25, 0.3) is 87.2 Å². The third-order valence-electron chi connectivity index (χ3n) is 10.5. The highest BCUT2D eigenvalue weighted by atomic mass is 14.4. The second-order valence-electron chi connectivity index (χ2n) is 13.3. The highest BCUT2D eigenvalue weighted by molar-refractivity contribution is 6.23. The zero-order chi connectivity index (χ0) is 29.9. The second-order valence-corrected chi connectivity index (χ2v) is 13.3. The molecule has 10 rings (SSSR count). The zero-order valence-corrected chi connectivity index (χ0v) is 25.4. The van der Waals surface area contributed by atoms with Crippen LogP contribution in [0, 0.1) is 0 Å². The van der Waals surface area contributed by atoms with Gasteiger partial charge in [-0.1, -0.05) is 141 Å². The third kappa shape index (κ3) is 3.37. The van der Waals surface area contributed by atoms with E-state index in [-0.39, 0.29) is 5.41 Å². The Bertz CT molecular complexity index is 2600. The van der Waals surface area contributed by atoms with Gasteiger partial charge in [-0.25, -0.2) is 0 Å². The lowest BCUT2D eigenvalue weighted by molar-refractivity contribution is 0.666. The lowest BCUT2D eigenvalue weighted by atomic mass is 9.78. The Kier molecular flexibility index (Phi) is 4.88. The first-order valence-electron chi connectivity index (χ1n) is 15.9. The van der Waals surface area contributed by atoms with Gasteiger partial charge in [0.05, 0.1) is 0 Å². The Labute approximate surface area is 262 Å². The van der Waals surface area contributed by atoms with E-state index in [9.17, 15) is 0 Å². The van der Waals surface area contributed by atoms with Crippen molar-refractivity contribution >= 4 is 53.9 Å². The van der Waals surface area contributed by atoms with Crippen molar-refractivity contribution in [3.05, 3.63) is 157 Å². The van der Waals surface area contributed by atoms with E-state index < -0.39 is 0 Å². The summed E-state index contributed by atoms with van der Waals surface area (Å²) in [6.45, 7) is 4.84. The first kappa shape index (κ1) is 24.9. The van der Waals surface area contributed by atoms with Crippen molar-refractivity contribution in [2.45, 2.75) is 19.3 Å². The molecule has 0 atom stereocenters. The summed E-state index contributed by atoms with van der Waals surface area (Å²) in [5.41, 5.74) is 10.6. The first-order valence-corrected chi connectivity index (χ1v) is 15.9. The molecule has 0 unspecified atom stereocenters. The molecule has 0 spiro atoms.